The van der Waals surface area contributed by atoms with Gasteiger partial charge in [-0.3, -0.25) is 4.79 Å². The molecule has 0 aromatic rings. The normalized spacial score (nSPS) is 26.6. The predicted octanol–water partition coefficient (Wildman–Crippen LogP) is 3.30. The van der Waals surface area contributed by atoms with E-state index < -0.39 is 0 Å². The number of carbonyl (C=O) groups excluding carboxylic acids is 1. The minimum atomic E-state index is -0.00365. The third kappa shape index (κ3) is 3.69. The lowest BCUT2D eigenvalue weighted by molar-refractivity contribution is -0.141. The van der Waals surface area contributed by atoms with Gasteiger partial charge < -0.3 is 4.74 Å². The number of esters is 1. The Morgan fingerprint density at radius 3 is 2.57 bits per heavy atom. The minimum absolute atomic E-state index is 0.00365. The topological polar surface area (TPSA) is 26.3 Å². The Bertz CT molecular complexity index is 177. The van der Waals surface area contributed by atoms with E-state index in [1.807, 2.05) is 0 Å². The summed E-state index contributed by atoms with van der Waals surface area (Å²) in [5, 5.41) is 0. The molecule has 0 radical (unpaired) electrons. The van der Waals surface area contributed by atoms with Gasteiger partial charge >= 0.3 is 5.97 Å². The van der Waals surface area contributed by atoms with Gasteiger partial charge in [-0.15, -0.1) is 0 Å². The molecule has 82 valence electrons. The van der Waals surface area contributed by atoms with E-state index in [2.05, 4.69) is 13.8 Å². The quantitative estimate of drug-likeness (QED) is 0.483. The maximum atomic E-state index is 11.0. The average Bonchev–Trinajstić information content (AvgIpc) is 2.45. The van der Waals surface area contributed by atoms with Gasteiger partial charge in [-0.2, -0.15) is 0 Å². The molecule has 0 spiro atoms. The first-order chi connectivity index (χ1) is 6.74. The van der Waals surface area contributed by atoms with Gasteiger partial charge in [0.2, 0.25) is 0 Å². The predicted molar refractivity (Wildman–Crippen MR) is 57.0 cm³/mol. The van der Waals surface area contributed by atoms with Crippen LogP contribution in [0.3, 0.4) is 0 Å². The lowest BCUT2D eigenvalue weighted by Gasteiger charge is -2.12. The van der Waals surface area contributed by atoms with E-state index in [-0.39, 0.29) is 12.1 Å². The molecule has 1 aliphatic rings. The molecule has 0 aromatic carbocycles. The van der Waals surface area contributed by atoms with E-state index in [9.17, 15) is 4.79 Å². The fraction of sp³-hybridized carbons (Fsp3) is 0.917. The standard InChI is InChI=1S/C12H22O2/c1-3-4-5-6-7-8-11-10(2)9-12(13)14-11/h10-11H,3-9H2,1-2H3/t10-,11+/m1/s1. The highest BCUT2D eigenvalue weighted by molar-refractivity contribution is 5.71. The van der Waals surface area contributed by atoms with Crippen molar-refractivity contribution in [2.75, 3.05) is 0 Å². The first-order valence-electron chi connectivity index (χ1n) is 5.93. The molecule has 2 nitrogen and oxygen atoms in total. The molecular formula is C12H22O2. The molecular weight excluding hydrogens is 176 g/mol. The number of rotatable bonds is 6. The van der Waals surface area contributed by atoms with E-state index in [1.165, 1.54) is 32.1 Å². The monoisotopic (exact) mass is 198 g/mol. The number of hydrogen-bond donors (Lipinski definition) is 0. The van der Waals surface area contributed by atoms with Crippen LogP contribution in [0.1, 0.15) is 58.8 Å². The van der Waals surface area contributed by atoms with Crippen LogP contribution in [0.5, 0.6) is 0 Å². The number of cyclic esters (lactones) is 1. The van der Waals surface area contributed by atoms with Crippen LogP contribution in [-0.2, 0) is 9.53 Å². The smallest absolute Gasteiger partial charge is 0.306 e. The van der Waals surface area contributed by atoms with Crippen LogP contribution in [0.15, 0.2) is 0 Å². The van der Waals surface area contributed by atoms with Crippen LogP contribution in [0, 0.1) is 5.92 Å². The summed E-state index contributed by atoms with van der Waals surface area (Å²) in [5.74, 6) is 0.435. The van der Waals surface area contributed by atoms with Crippen molar-refractivity contribution < 1.29 is 9.53 Å². The van der Waals surface area contributed by atoms with Crippen LogP contribution >= 0.6 is 0 Å². The van der Waals surface area contributed by atoms with Crippen molar-refractivity contribution in [1.82, 2.24) is 0 Å². The second kappa shape index (κ2) is 6.05. The second-order valence-electron chi connectivity index (χ2n) is 4.41. The molecule has 0 N–H and O–H groups in total. The number of carbonyl (C=O) groups is 1. The summed E-state index contributed by atoms with van der Waals surface area (Å²) >= 11 is 0. The van der Waals surface area contributed by atoms with E-state index in [1.54, 1.807) is 0 Å². The number of hydrogen-bond acceptors (Lipinski definition) is 2. The summed E-state index contributed by atoms with van der Waals surface area (Å²) in [6.45, 7) is 4.34. The van der Waals surface area contributed by atoms with Gasteiger partial charge in [0.25, 0.3) is 0 Å². The zero-order valence-electron chi connectivity index (χ0n) is 9.42. The van der Waals surface area contributed by atoms with Crippen molar-refractivity contribution in [2.24, 2.45) is 5.92 Å². The highest BCUT2D eigenvalue weighted by Gasteiger charge is 2.30. The van der Waals surface area contributed by atoms with Gasteiger partial charge in [-0.1, -0.05) is 39.5 Å². The maximum Gasteiger partial charge on any atom is 0.306 e. The van der Waals surface area contributed by atoms with Gasteiger partial charge in [0.1, 0.15) is 6.10 Å². The number of unbranched alkanes of at least 4 members (excludes halogenated alkanes) is 4. The third-order valence-corrected chi connectivity index (χ3v) is 3.00. The molecule has 1 aliphatic heterocycles. The van der Waals surface area contributed by atoms with Crippen LogP contribution in [0.25, 0.3) is 0 Å². The molecule has 0 bridgehead atoms. The minimum Gasteiger partial charge on any atom is -0.462 e. The van der Waals surface area contributed by atoms with Crippen molar-refractivity contribution in [3.05, 3.63) is 0 Å². The van der Waals surface area contributed by atoms with Gasteiger partial charge in [0, 0.05) is 5.92 Å². The van der Waals surface area contributed by atoms with E-state index in [0.717, 1.165) is 6.42 Å². The van der Waals surface area contributed by atoms with Crippen molar-refractivity contribution in [3.63, 3.8) is 0 Å². The number of ether oxygens (including phenoxy) is 1. The van der Waals surface area contributed by atoms with E-state index in [4.69, 9.17) is 4.74 Å². The second-order valence-corrected chi connectivity index (χ2v) is 4.41. The SMILES string of the molecule is CCCCCCC[C@@H]1OC(=O)C[C@H]1C. The largest absolute Gasteiger partial charge is 0.462 e. The molecule has 1 fully saturated rings. The first kappa shape index (κ1) is 11.5. The van der Waals surface area contributed by atoms with Crippen molar-refractivity contribution in [3.8, 4) is 0 Å². The molecule has 1 heterocycles. The van der Waals surface area contributed by atoms with Crippen LogP contribution in [0.2, 0.25) is 0 Å². The summed E-state index contributed by atoms with van der Waals surface area (Å²) in [6.07, 6.45) is 8.34. The Morgan fingerprint density at radius 1 is 1.29 bits per heavy atom. The maximum absolute atomic E-state index is 11.0. The third-order valence-electron chi connectivity index (χ3n) is 3.00. The first-order valence-corrected chi connectivity index (χ1v) is 5.93. The van der Waals surface area contributed by atoms with Crippen LogP contribution in [0.4, 0.5) is 0 Å². The summed E-state index contributed by atoms with van der Waals surface area (Å²) < 4.78 is 5.24. The van der Waals surface area contributed by atoms with Crippen molar-refractivity contribution in [1.29, 1.82) is 0 Å². The molecule has 0 aromatic heterocycles. The Labute approximate surface area is 87.0 Å². The molecule has 2 heteroatoms. The Hall–Kier alpha value is -0.530. The fourth-order valence-corrected chi connectivity index (χ4v) is 2.02. The molecule has 2 atom stereocenters. The fourth-order valence-electron chi connectivity index (χ4n) is 2.02. The van der Waals surface area contributed by atoms with Gasteiger partial charge in [-0.05, 0) is 12.8 Å². The van der Waals surface area contributed by atoms with Crippen LogP contribution < -0.4 is 0 Å². The highest BCUT2D eigenvalue weighted by atomic mass is 16.5. The van der Waals surface area contributed by atoms with Gasteiger partial charge in [-0.25, -0.2) is 0 Å². The summed E-state index contributed by atoms with van der Waals surface area (Å²) in [6, 6.07) is 0. The van der Waals surface area contributed by atoms with E-state index in [0.29, 0.717) is 12.3 Å². The molecule has 1 rings (SSSR count). The van der Waals surface area contributed by atoms with Crippen molar-refractivity contribution in [2.45, 2.75) is 64.9 Å². The summed E-state index contributed by atoms with van der Waals surface area (Å²) in [4.78, 5) is 11.0. The van der Waals surface area contributed by atoms with E-state index >= 15 is 0 Å². The molecule has 0 aliphatic carbocycles. The molecule has 0 unspecified atom stereocenters. The Balaban J connectivity index is 2.04. The van der Waals surface area contributed by atoms with Crippen molar-refractivity contribution >= 4 is 5.97 Å². The lowest BCUT2D eigenvalue weighted by Crippen LogP contribution is -2.13. The summed E-state index contributed by atoms with van der Waals surface area (Å²) in [7, 11) is 0. The molecule has 0 amide bonds. The molecule has 14 heavy (non-hydrogen) atoms. The highest BCUT2D eigenvalue weighted by Crippen LogP contribution is 2.25. The molecule has 1 saturated heterocycles. The zero-order chi connectivity index (χ0) is 10.4. The average molecular weight is 198 g/mol. The zero-order valence-corrected chi connectivity index (χ0v) is 9.42. The Kier molecular flexibility index (Phi) is 4.99. The van der Waals surface area contributed by atoms with Gasteiger partial charge in [0.05, 0.1) is 6.42 Å². The Morgan fingerprint density at radius 2 is 2.00 bits per heavy atom. The van der Waals surface area contributed by atoms with Gasteiger partial charge in [0.15, 0.2) is 0 Å². The summed E-state index contributed by atoms with van der Waals surface area (Å²) in [5.41, 5.74) is 0. The van der Waals surface area contributed by atoms with Crippen LogP contribution in [-0.4, -0.2) is 12.1 Å². The lowest BCUT2D eigenvalue weighted by atomic mass is 9.98. The molecule has 0 saturated carbocycles.